The largest absolute Gasteiger partial charge is 0.383 e. The van der Waals surface area contributed by atoms with Crippen LogP contribution in [0.5, 0.6) is 0 Å². The van der Waals surface area contributed by atoms with E-state index in [1.54, 1.807) is 14.2 Å². The number of nitrogens with one attached hydrogen (secondary N) is 2. The van der Waals surface area contributed by atoms with Crippen molar-refractivity contribution in [3.05, 3.63) is 0 Å². The monoisotopic (exact) mass is 373 g/mol. The van der Waals surface area contributed by atoms with Crippen molar-refractivity contribution in [1.29, 1.82) is 0 Å². The molecule has 0 heterocycles. The molecule has 6 heteroatoms. The van der Waals surface area contributed by atoms with Gasteiger partial charge in [-0.1, -0.05) is 13.8 Å². The third-order valence-electron chi connectivity index (χ3n) is 2.20. The number of hydrogen-bond donors (Lipinski definition) is 2. The normalized spacial score (nSPS) is 11.3. The van der Waals surface area contributed by atoms with E-state index in [0.717, 1.165) is 32.1 Å². The third-order valence-corrected chi connectivity index (χ3v) is 2.20. The molecule has 0 aliphatic heterocycles. The Kier molecular flexibility index (Phi) is 16.8. The highest BCUT2D eigenvalue weighted by molar-refractivity contribution is 14.0. The van der Waals surface area contributed by atoms with E-state index in [2.05, 4.69) is 29.5 Å². The van der Waals surface area contributed by atoms with Gasteiger partial charge in [-0.3, -0.25) is 4.99 Å². The first kappa shape index (κ1) is 20.2. The summed E-state index contributed by atoms with van der Waals surface area (Å²) in [6.45, 7) is 8.12. The molecule has 0 radical (unpaired) electrons. The lowest BCUT2D eigenvalue weighted by molar-refractivity contribution is 0.128. The van der Waals surface area contributed by atoms with Gasteiger partial charge in [-0.05, 0) is 12.3 Å². The van der Waals surface area contributed by atoms with Gasteiger partial charge in [-0.15, -0.1) is 24.0 Å². The predicted molar refractivity (Wildman–Crippen MR) is 86.9 cm³/mol. The van der Waals surface area contributed by atoms with Gasteiger partial charge in [0.2, 0.25) is 0 Å². The van der Waals surface area contributed by atoms with Crippen LogP contribution in [-0.2, 0) is 9.47 Å². The zero-order valence-corrected chi connectivity index (χ0v) is 14.3. The van der Waals surface area contributed by atoms with E-state index in [1.807, 2.05) is 0 Å². The van der Waals surface area contributed by atoms with E-state index >= 15 is 0 Å². The molecule has 0 aromatic carbocycles. The molecule has 0 unspecified atom stereocenters. The fourth-order valence-corrected chi connectivity index (χ4v) is 1.15. The summed E-state index contributed by atoms with van der Waals surface area (Å²) in [5.74, 6) is 1.49. The molecule has 0 saturated heterocycles. The number of guanidine groups is 1. The summed E-state index contributed by atoms with van der Waals surface area (Å²) >= 11 is 0. The Bertz CT molecular complexity index is 202. The van der Waals surface area contributed by atoms with Crippen LogP contribution in [0.2, 0.25) is 0 Å². The SMILES string of the molecule is CN=C(NCCOC)NCCOCCC(C)C.I. The molecule has 5 nitrogen and oxygen atoms in total. The van der Waals surface area contributed by atoms with Gasteiger partial charge in [0, 0.05) is 33.9 Å². The minimum atomic E-state index is 0. The molecule has 0 atom stereocenters. The fourth-order valence-electron chi connectivity index (χ4n) is 1.15. The summed E-state index contributed by atoms with van der Waals surface area (Å²) in [5, 5.41) is 6.31. The average Bonchev–Trinajstić information content (AvgIpc) is 2.31. The first-order chi connectivity index (χ1) is 8.20. The third kappa shape index (κ3) is 14.0. The lowest BCUT2D eigenvalue weighted by Gasteiger charge is -2.12. The molecule has 0 rings (SSSR count). The molecule has 0 aromatic rings. The molecule has 0 aliphatic carbocycles. The van der Waals surface area contributed by atoms with E-state index in [9.17, 15) is 0 Å². The van der Waals surface area contributed by atoms with Gasteiger partial charge in [0.1, 0.15) is 0 Å². The van der Waals surface area contributed by atoms with Crippen LogP contribution in [0.15, 0.2) is 4.99 Å². The maximum absolute atomic E-state index is 5.50. The highest BCUT2D eigenvalue weighted by Crippen LogP contribution is 1.98. The van der Waals surface area contributed by atoms with Gasteiger partial charge < -0.3 is 20.1 Å². The van der Waals surface area contributed by atoms with Crippen molar-refractivity contribution < 1.29 is 9.47 Å². The van der Waals surface area contributed by atoms with Crippen molar-refractivity contribution in [2.24, 2.45) is 10.9 Å². The molecular formula is C12H28IN3O2. The van der Waals surface area contributed by atoms with Crippen molar-refractivity contribution in [3.63, 3.8) is 0 Å². The van der Waals surface area contributed by atoms with E-state index in [0.29, 0.717) is 19.1 Å². The molecular weight excluding hydrogens is 345 g/mol. The molecule has 2 N–H and O–H groups in total. The van der Waals surface area contributed by atoms with Crippen LogP contribution in [0.4, 0.5) is 0 Å². The Balaban J connectivity index is 0. The summed E-state index contributed by atoms with van der Waals surface area (Å²) in [6.07, 6.45) is 1.11. The van der Waals surface area contributed by atoms with Crippen molar-refractivity contribution in [2.75, 3.05) is 47.1 Å². The highest BCUT2D eigenvalue weighted by Gasteiger charge is 1.97. The fraction of sp³-hybridized carbons (Fsp3) is 0.917. The Morgan fingerprint density at radius 1 is 1.11 bits per heavy atom. The first-order valence-corrected chi connectivity index (χ1v) is 6.22. The highest BCUT2D eigenvalue weighted by atomic mass is 127. The van der Waals surface area contributed by atoms with Crippen LogP contribution >= 0.6 is 24.0 Å². The number of methoxy groups -OCH3 is 1. The Morgan fingerprint density at radius 2 is 1.72 bits per heavy atom. The smallest absolute Gasteiger partial charge is 0.191 e. The molecule has 0 amide bonds. The Hall–Kier alpha value is -0.0800. The topological polar surface area (TPSA) is 54.9 Å². The molecule has 0 fully saturated rings. The van der Waals surface area contributed by atoms with E-state index < -0.39 is 0 Å². The second-order valence-electron chi connectivity index (χ2n) is 4.21. The van der Waals surface area contributed by atoms with Crippen molar-refractivity contribution in [3.8, 4) is 0 Å². The van der Waals surface area contributed by atoms with Gasteiger partial charge in [0.15, 0.2) is 5.96 Å². The average molecular weight is 373 g/mol. The zero-order chi connectivity index (χ0) is 12.9. The Morgan fingerprint density at radius 3 is 2.22 bits per heavy atom. The minimum Gasteiger partial charge on any atom is -0.383 e. The summed E-state index contributed by atoms with van der Waals surface area (Å²) in [5.41, 5.74) is 0. The van der Waals surface area contributed by atoms with Crippen molar-refractivity contribution >= 4 is 29.9 Å². The minimum absolute atomic E-state index is 0. The van der Waals surface area contributed by atoms with Crippen LogP contribution in [-0.4, -0.2) is 53.0 Å². The molecule has 0 bridgehead atoms. The summed E-state index contributed by atoms with van der Waals surface area (Å²) in [4.78, 5) is 4.09. The lowest BCUT2D eigenvalue weighted by atomic mass is 10.1. The number of rotatable bonds is 9. The number of nitrogens with zero attached hydrogens (tertiary/aromatic N) is 1. The second kappa shape index (κ2) is 15.0. The van der Waals surface area contributed by atoms with Crippen LogP contribution in [0.3, 0.4) is 0 Å². The molecule has 110 valence electrons. The maximum atomic E-state index is 5.50. The molecule has 0 spiro atoms. The molecule has 0 aliphatic rings. The molecule has 18 heavy (non-hydrogen) atoms. The van der Waals surface area contributed by atoms with E-state index in [-0.39, 0.29) is 24.0 Å². The lowest BCUT2D eigenvalue weighted by Crippen LogP contribution is -2.40. The first-order valence-electron chi connectivity index (χ1n) is 6.22. The van der Waals surface area contributed by atoms with Gasteiger partial charge in [-0.25, -0.2) is 0 Å². The van der Waals surface area contributed by atoms with Crippen LogP contribution in [0.1, 0.15) is 20.3 Å². The summed E-state index contributed by atoms with van der Waals surface area (Å²) < 4.78 is 10.4. The van der Waals surface area contributed by atoms with E-state index in [4.69, 9.17) is 9.47 Å². The summed E-state index contributed by atoms with van der Waals surface area (Å²) in [6, 6.07) is 0. The van der Waals surface area contributed by atoms with Gasteiger partial charge in [0.25, 0.3) is 0 Å². The van der Waals surface area contributed by atoms with Gasteiger partial charge in [-0.2, -0.15) is 0 Å². The van der Waals surface area contributed by atoms with E-state index in [1.165, 1.54) is 0 Å². The number of aliphatic imine (C=N–C) groups is 1. The zero-order valence-electron chi connectivity index (χ0n) is 12.0. The second-order valence-corrected chi connectivity index (χ2v) is 4.21. The van der Waals surface area contributed by atoms with Gasteiger partial charge in [0.05, 0.1) is 13.2 Å². The standard InChI is InChI=1S/C12H27N3O2.HI/c1-11(2)5-8-17-10-7-15-12(13-3)14-6-9-16-4;/h11H,5-10H2,1-4H3,(H2,13,14,15);1H. The predicted octanol–water partition coefficient (Wildman–Crippen LogP) is 1.48. The van der Waals surface area contributed by atoms with Crippen molar-refractivity contribution in [2.45, 2.75) is 20.3 Å². The Labute approximate surface area is 128 Å². The maximum Gasteiger partial charge on any atom is 0.191 e. The van der Waals surface area contributed by atoms with Gasteiger partial charge >= 0.3 is 0 Å². The number of hydrogen-bond acceptors (Lipinski definition) is 3. The molecule has 0 aromatic heterocycles. The van der Waals surface area contributed by atoms with Crippen molar-refractivity contribution in [1.82, 2.24) is 10.6 Å². The van der Waals surface area contributed by atoms with Crippen LogP contribution in [0.25, 0.3) is 0 Å². The number of halogens is 1. The number of ether oxygens (including phenoxy) is 2. The van der Waals surface area contributed by atoms with Crippen LogP contribution in [0, 0.1) is 5.92 Å². The van der Waals surface area contributed by atoms with Crippen LogP contribution < -0.4 is 10.6 Å². The molecule has 0 saturated carbocycles. The summed E-state index contributed by atoms with van der Waals surface area (Å²) in [7, 11) is 3.43. The quantitative estimate of drug-likeness (QED) is 0.278.